The molecule has 9 nitrogen and oxygen atoms in total. The van der Waals surface area contributed by atoms with Crippen LogP contribution in [0.5, 0.6) is 0 Å². The summed E-state index contributed by atoms with van der Waals surface area (Å²) in [7, 11) is 1.89. The van der Waals surface area contributed by atoms with E-state index in [1.807, 2.05) is 49.0 Å². The van der Waals surface area contributed by atoms with Gasteiger partial charge in [0, 0.05) is 51.2 Å². The van der Waals surface area contributed by atoms with Gasteiger partial charge in [-0.1, -0.05) is 30.3 Å². The number of hydrogen-bond acceptors (Lipinski definition) is 8. The fraction of sp³-hybridized carbons (Fsp3) is 0.261. The van der Waals surface area contributed by atoms with E-state index in [-0.39, 0.29) is 5.56 Å². The maximum absolute atomic E-state index is 12.9. The molecule has 0 unspecified atom stereocenters. The average Bonchev–Trinajstić information content (AvgIpc) is 3.44. The summed E-state index contributed by atoms with van der Waals surface area (Å²) < 4.78 is 3.47. The Morgan fingerprint density at radius 1 is 1.06 bits per heavy atom. The Bertz CT molecular complexity index is 1500. The Kier molecular flexibility index (Phi) is 4.88. The highest BCUT2D eigenvalue weighted by atomic mass is 32.1. The average molecular weight is 459 g/mol. The number of hydrogen-bond donors (Lipinski definition) is 0. The summed E-state index contributed by atoms with van der Waals surface area (Å²) in [4.78, 5) is 31.9. The third-order valence-corrected chi connectivity index (χ3v) is 6.92. The second-order valence-electron chi connectivity index (χ2n) is 8.16. The minimum absolute atomic E-state index is 0.0336. The SMILES string of the molecule is Cn1ncc2c(N3CCN(Cc4cc(=O)n5c(-c6ccccc6)csc5n4)CC3)ncnc21. The summed E-state index contributed by atoms with van der Waals surface area (Å²) in [6, 6.07) is 11.6. The van der Waals surface area contributed by atoms with Gasteiger partial charge in [-0.25, -0.2) is 15.0 Å². The summed E-state index contributed by atoms with van der Waals surface area (Å²) in [5.41, 5.74) is 3.52. The molecule has 1 fully saturated rings. The normalized spacial score (nSPS) is 15.0. The quantitative estimate of drug-likeness (QED) is 0.409. The lowest BCUT2D eigenvalue weighted by Gasteiger charge is -2.35. The third-order valence-electron chi connectivity index (χ3n) is 6.09. The van der Waals surface area contributed by atoms with Crippen LogP contribution in [0.15, 0.2) is 59.1 Å². The molecule has 166 valence electrons. The monoisotopic (exact) mass is 458 g/mol. The Balaban J connectivity index is 1.19. The zero-order chi connectivity index (χ0) is 22.4. The lowest BCUT2D eigenvalue weighted by atomic mass is 10.2. The predicted molar refractivity (Wildman–Crippen MR) is 129 cm³/mol. The van der Waals surface area contributed by atoms with Crippen LogP contribution in [0, 0.1) is 0 Å². The van der Waals surface area contributed by atoms with Crippen LogP contribution in [0.3, 0.4) is 0 Å². The highest BCUT2D eigenvalue weighted by Crippen LogP contribution is 2.25. The van der Waals surface area contributed by atoms with Gasteiger partial charge < -0.3 is 4.90 Å². The molecule has 1 saturated heterocycles. The van der Waals surface area contributed by atoms with E-state index < -0.39 is 0 Å². The molecule has 0 atom stereocenters. The van der Waals surface area contributed by atoms with Crippen molar-refractivity contribution >= 4 is 33.1 Å². The molecule has 0 bridgehead atoms. The number of thiazole rings is 1. The zero-order valence-electron chi connectivity index (χ0n) is 18.1. The van der Waals surface area contributed by atoms with Gasteiger partial charge in [-0.05, 0) is 5.56 Å². The van der Waals surface area contributed by atoms with Crippen LogP contribution in [-0.4, -0.2) is 60.2 Å². The van der Waals surface area contributed by atoms with Gasteiger partial charge in [-0.3, -0.25) is 18.8 Å². The van der Waals surface area contributed by atoms with E-state index in [1.54, 1.807) is 21.5 Å². The van der Waals surface area contributed by atoms with Crippen molar-refractivity contribution < 1.29 is 0 Å². The predicted octanol–water partition coefficient (Wildman–Crippen LogP) is 2.42. The van der Waals surface area contributed by atoms with Crippen LogP contribution in [0.1, 0.15) is 5.69 Å². The molecule has 5 heterocycles. The first-order valence-electron chi connectivity index (χ1n) is 10.8. The summed E-state index contributed by atoms with van der Waals surface area (Å²) in [5, 5.41) is 7.29. The zero-order valence-corrected chi connectivity index (χ0v) is 18.9. The third kappa shape index (κ3) is 3.57. The fourth-order valence-electron chi connectivity index (χ4n) is 4.40. The highest BCUT2D eigenvalue weighted by molar-refractivity contribution is 7.15. The summed E-state index contributed by atoms with van der Waals surface area (Å²) in [6.45, 7) is 4.09. The minimum atomic E-state index is -0.0336. The number of fused-ring (bicyclic) bond motifs is 2. The van der Waals surface area contributed by atoms with Gasteiger partial charge in [0.05, 0.1) is 23.0 Å². The highest BCUT2D eigenvalue weighted by Gasteiger charge is 2.22. The van der Waals surface area contributed by atoms with E-state index in [1.165, 1.54) is 11.3 Å². The van der Waals surface area contributed by atoms with Crippen LogP contribution in [0.25, 0.3) is 27.3 Å². The molecule has 5 aromatic rings. The molecule has 0 amide bonds. The molecular formula is C23H22N8OS. The van der Waals surface area contributed by atoms with Gasteiger partial charge in [0.15, 0.2) is 10.6 Å². The van der Waals surface area contributed by atoms with Crippen LogP contribution in [0.2, 0.25) is 0 Å². The number of rotatable bonds is 4. The molecule has 0 aliphatic carbocycles. The van der Waals surface area contributed by atoms with Crippen molar-refractivity contribution in [3.63, 3.8) is 0 Å². The molecule has 0 N–H and O–H groups in total. The fourth-order valence-corrected chi connectivity index (χ4v) is 5.33. The lowest BCUT2D eigenvalue weighted by molar-refractivity contribution is 0.247. The van der Waals surface area contributed by atoms with Gasteiger partial charge in [0.2, 0.25) is 0 Å². The van der Waals surface area contributed by atoms with Crippen molar-refractivity contribution in [3.05, 3.63) is 70.4 Å². The number of anilines is 1. The molecule has 33 heavy (non-hydrogen) atoms. The first-order chi connectivity index (χ1) is 16.2. The molecule has 1 aromatic carbocycles. The first-order valence-corrected chi connectivity index (χ1v) is 11.7. The number of benzene rings is 1. The molecule has 0 saturated carbocycles. The maximum atomic E-state index is 12.9. The molecule has 0 radical (unpaired) electrons. The standard InChI is InChI=1S/C23H22N8OS/c1-28-21-18(12-26-28)22(25-15-24-21)30-9-7-29(8-10-30)13-17-11-20(32)31-19(14-33-23(31)27-17)16-5-3-2-4-6-16/h2-6,11-12,14-15H,7-10,13H2,1H3. The van der Waals surface area contributed by atoms with E-state index in [2.05, 4.69) is 24.9 Å². The Labute approximate surface area is 193 Å². The first kappa shape index (κ1) is 20.0. The molecular weight excluding hydrogens is 436 g/mol. The van der Waals surface area contributed by atoms with Crippen LogP contribution in [-0.2, 0) is 13.6 Å². The second kappa shape index (κ2) is 8.05. The second-order valence-corrected chi connectivity index (χ2v) is 8.99. The van der Waals surface area contributed by atoms with E-state index in [4.69, 9.17) is 4.98 Å². The summed E-state index contributed by atoms with van der Waals surface area (Å²) in [5.74, 6) is 0.928. The number of nitrogens with zero attached hydrogens (tertiary/aromatic N) is 8. The molecule has 1 aliphatic rings. The van der Waals surface area contributed by atoms with Crippen molar-refractivity contribution in [2.75, 3.05) is 31.1 Å². The van der Waals surface area contributed by atoms with Gasteiger partial charge in [0.25, 0.3) is 5.56 Å². The smallest absolute Gasteiger partial charge is 0.259 e. The van der Waals surface area contributed by atoms with Crippen LogP contribution in [0.4, 0.5) is 5.82 Å². The van der Waals surface area contributed by atoms with Crippen molar-refractivity contribution in [2.45, 2.75) is 6.54 Å². The van der Waals surface area contributed by atoms with Gasteiger partial charge >= 0.3 is 0 Å². The van der Waals surface area contributed by atoms with E-state index in [0.717, 1.165) is 64.9 Å². The Hall–Kier alpha value is -3.63. The molecule has 1 aliphatic heterocycles. The van der Waals surface area contributed by atoms with Gasteiger partial charge in [-0.15, -0.1) is 11.3 Å². The Morgan fingerprint density at radius 3 is 2.70 bits per heavy atom. The van der Waals surface area contributed by atoms with E-state index >= 15 is 0 Å². The van der Waals surface area contributed by atoms with Crippen molar-refractivity contribution in [1.29, 1.82) is 0 Å². The number of aryl methyl sites for hydroxylation is 1. The Morgan fingerprint density at radius 2 is 1.88 bits per heavy atom. The molecule has 10 heteroatoms. The van der Waals surface area contributed by atoms with Crippen molar-refractivity contribution in [3.8, 4) is 11.3 Å². The van der Waals surface area contributed by atoms with Crippen molar-refractivity contribution in [1.82, 2.24) is 34.0 Å². The number of aromatic nitrogens is 6. The summed E-state index contributed by atoms with van der Waals surface area (Å²) in [6.07, 6.45) is 3.43. The topological polar surface area (TPSA) is 84.5 Å². The van der Waals surface area contributed by atoms with Crippen LogP contribution < -0.4 is 10.5 Å². The molecule has 0 spiro atoms. The minimum Gasteiger partial charge on any atom is -0.353 e. The van der Waals surface area contributed by atoms with Gasteiger partial charge in [-0.2, -0.15) is 5.10 Å². The van der Waals surface area contributed by atoms with E-state index in [0.29, 0.717) is 6.54 Å². The van der Waals surface area contributed by atoms with E-state index in [9.17, 15) is 4.79 Å². The van der Waals surface area contributed by atoms with Crippen molar-refractivity contribution in [2.24, 2.45) is 7.05 Å². The largest absolute Gasteiger partial charge is 0.353 e. The van der Waals surface area contributed by atoms with Gasteiger partial charge in [0.1, 0.15) is 12.1 Å². The van der Waals surface area contributed by atoms with Crippen LogP contribution >= 0.6 is 11.3 Å². The lowest BCUT2D eigenvalue weighted by Crippen LogP contribution is -2.46. The summed E-state index contributed by atoms with van der Waals surface area (Å²) >= 11 is 1.50. The number of piperazine rings is 1. The molecule has 4 aromatic heterocycles. The molecule has 6 rings (SSSR count). The maximum Gasteiger partial charge on any atom is 0.259 e.